The lowest BCUT2D eigenvalue weighted by Crippen LogP contribution is -2.42. The van der Waals surface area contributed by atoms with Gasteiger partial charge < -0.3 is 19.7 Å². The maximum atomic E-state index is 11.9. The molecule has 0 saturated carbocycles. The molecular formula is C20H38O6. The zero-order chi connectivity index (χ0) is 19.9. The third kappa shape index (κ3) is 10.1. The van der Waals surface area contributed by atoms with Gasteiger partial charge in [0, 0.05) is 0 Å². The SMILES string of the molecule is CCCCC(CC)COC(=O)[C@H](O)[C@@H](O)C(=O)OCC(CC)CCCC. The van der Waals surface area contributed by atoms with Crippen LogP contribution in [0.15, 0.2) is 0 Å². The van der Waals surface area contributed by atoms with Crippen LogP contribution in [0.2, 0.25) is 0 Å². The normalized spacial score (nSPS) is 15.8. The third-order valence-corrected chi connectivity index (χ3v) is 4.79. The number of ether oxygens (including phenoxy) is 2. The van der Waals surface area contributed by atoms with Gasteiger partial charge in [-0.05, 0) is 24.7 Å². The number of aliphatic hydroxyl groups is 2. The van der Waals surface area contributed by atoms with Crippen LogP contribution in [0.25, 0.3) is 0 Å². The lowest BCUT2D eigenvalue weighted by atomic mass is 10.0. The van der Waals surface area contributed by atoms with Gasteiger partial charge in [0.25, 0.3) is 0 Å². The summed E-state index contributed by atoms with van der Waals surface area (Å²) in [6, 6.07) is 0. The summed E-state index contributed by atoms with van der Waals surface area (Å²) in [7, 11) is 0. The number of esters is 2. The first kappa shape index (κ1) is 24.9. The van der Waals surface area contributed by atoms with Crippen LogP contribution in [0.1, 0.15) is 79.1 Å². The molecule has 0 fully saturated rings. The number of hydrogen-bond acceptors (Lipinski definition) is 6. The van der Waals surface area contributed by atoms with Crippen molar-refractivity contribution in [1.29, 1.82) is 0 Å². The van der Waals surface area contributed by atoms with Gasteiger partial charge in [-0.1, -0.05) is 66.2 Å². The Balaban J connectivity index is 4.33. The van der Waals surface area contributed by atoms with Crippen molar-refractivity contribution in [2.75, 3.05) is 13.2 Å². The van der Waals surface area contributed by atoms with Crippen molar-refractivity contribution in [2.45, 2.75) is 91.3 Å². The Morgan fingerprint density at radius 3 is 1.35 bits per heavy atom. The second kappa shape index (κ2) is 15.0. The summed E-state index contributed by atoms with van der Waals surface area (Å²) in [4.78, 5) is 23.8. The molecular weight excluding hydrogens is 336 g/mol. The number of rotatable bonds is 15. The quantitative estimate of drug-likeness (QED) is 0.428. The average Bonchev–Trinajstić information content (AvgIpc) is 2.66. The number of hydrogen-bond donors (Lipinski definition) is 2. The van der Waals surface area contributed by atoms with Crippen LogP contribution >= 0.6 is 0 Å². The number of carbonyl (C=O) groups is 2. The number of aliphatic hydroxyl groups excluding tert-OH is 2. The molecule has 0 bridgehead atoms. The first-order valence-corrected chi connectivity index (χ1v) is 10.1. The highest BCUT2D eigenvalue weighted by Crippen LogP contribution is 2.15. The van der Waals surface area contributed by atoms with E-state index < -0.39 is 24.1 Å². The Morgan fingerprint density at radius 1 is 0.731 bits per heavy atom. The fourth-order valence-electron chi connectivity index (χ4n) is 2.62. The summed E-state index contributed by atoms with van der Waals surface area (Å²) < 4.78 is 10.1. The van der Waals surface area contributed by atoms with Gasteiger partial charge >= 0.3 is 11.9 Å². The maximum absolute atomic E-state index is 11.9. The molecule has 6 nitrogen and oxygen atoms in total. The van der Waals surface area contributed by atoms with Gasteiger partial charge in [0.05, 0.1) is 13.2 Å². The summed E-state index contributed by atoms with van der Waals surface area (Å²) in [5.74, 6) is -1.53. The lowest BCUT2D eigenvalue weighted by Gasteiger charge is -2.20. The molecule has 2 unspecified atom stereocenters. The molecule has 0 aromatic carbocycles. The Kier molecular flexibility index (Phi) is 14.3. The molecule has 0 aromatic heterocycles. The average molecular weight is 375 g/mol. The molecule has 26 heavy (non-hydrogen) atoms. The second-order valence-electron chi connectivity index (χ2n) is 6.98. The zero-order valence-electron chi connectivity index (χ0n) is 16.9. The van der Waals surface area contributed by atoms with Crippen LogP contribution in [-0.2, 0) is 19.1 Å². The number of unbranched alkanes of at least 4 members (excludes halogenated alkanes) is 2. The third-order valence-electron chi connectivity index (χ3n) is 4.79. The minimum atomic E-state index is -1.91. The molecule has 2 N–H and O–H groups in total. The summed E-state index contributed by atoms with van der Waals surface area (Å²) >= 11 is 0. The molecule has 0 aromatic rings. The highest BCUT2D eigenvalue weighted by atomic mass is 16.6. The highest BCUT2D eigenvalue weighted by Gasteiger charge is 2.33. The van der Waals surface area contributed by atoms with Gasteiger partial charge in [-0.3, -0.25) is 0 Å². The van der Waals surface area contributed by atoms with E-state index in [1.54, 1.807) is 0 Å². The van der Waals surface area contributed by atoms with Gasteiger partial charge in [-0.25, -0.2) is 9.59 Å². The van der Waals surface area contributed by atoms with Gasteiger partial charge in [-0.15, -0.1) is 0 Å². The van der Waals surface area contributed by atoms with Gasteiger partial charge in [-0.2, -0.15) is 0 Å². The Hall–Kier alpha value is -1.14. The molecule has 0 amide bonds. The molecule has 6 heteroatoms. The Bertz CT molecular complexity index is 348. The summed E-state index contributed by atoms with van der Waals surface area (Å²) in [5.41, 5.74) is 0. The first-order chi connectivity index (χ1) is 12.4. The highest BCUT2D eigenvalue weighted by molar-refractivity contribution is 5.85. The van der Waals surface area contributed by atoms with Crippen LogP contribution < -0.4 is 0 Å². The topological polar surface area (TPSA) is 93.1 Å². The first-order valence-electron chi connectivity index (χ1n) is 10.1. The molecule has 0 saturated heterocycles. The van der Waals surface area contributed by atoms with E-state index >= 15 is 0 Å². The molecule has 0 rings (SSSR count). The van der Waals surface area contributed by atoms with Crippen LogP contribution in [0.4, 0.5) is 0 Å². The second-order valence-corrected chi connectivity index (χ2v) is 6.98. The van der Waals surface area contributed by atoms with Crippen LogP contribution in [-0.4, -0.2) is 47.6 Å². The van der Waals surface area contributed by atoms with Crippen molar-refractivity contribution in [3.8, 4) is 0 Å². The van der Waals surface area contributed by atoms with E-state index in [-0.39, 0.29) is 25.0 Å². The van der Waals surface area contributed by atoms with E-state index in [0.717, 1.165) is 51.4 Å². The van der Waals surface area contributed by atoms with Crippen molar-refractivity contribution in [3.05, 3.63) is 0 Å². The predicted octanol–water partition coefficient (Wildman–Crippen LogP) is 3.23. The van der Waals surface area contributed by atoms with Crippen molar-refractivity contribution in [3.63, 3.8) is 0 Å². The Labute approximate surface area is 158 Å². The molecule has 0 aliphatic rings. The monoisotopic (exact) mass is 374 g/mol. The molecule has 0 aliphatic carbocycles. The van der Waals surface area contributed by atoms with Crippen LogP contribution in [0.3, 0.4) is 0 Å². The van der Waals surface area contributed by atoms with E-state index in [2.05, 4.69) is 13.8 Å². The Morgan fingerprint density at radius 2 is 1.08 bits per heavy atom. The van der Waals surface area contributed by atoms with Gasteiger partial charge in [0.2, 0.25) is 0 Å². The lowest BCUT2D eigenvalue weighted by molar-refractivity contribution is -0.174. The van der Waals surface area contributed by atoms with E-state index in [1.165, 1.54) is 0 Å². The van der Waals surface area contributed by atoms with Crippen LogP contribution in [0.5, 0.6) is 0 Å². The smallest absolute Gasteiger partial charge is 0.338 e. The van der Waals surface area contributed by atoms with Crippen molar-refractivity contribution < 1.29 is 29.3 Å². The zero-order valence-corrected chi connectivity index (χ0v) is 16.9. The fourth-order valence-corrected chi connectivity index (χ4v) is 2.62. The van der Waals surface area contributed by atoms with Crippen LogP contribution in [0, 0.1) is 11.8 Å². The van der Waals surface area contributed by atoms with E-state index in [9.17, 15) is 19.8 Å². The summed E-state index contributed by atoms with van der Waals surface area (Å²) in [6.45, 7) is 8.58. The molecule has 0 heterocycles. The molecule has 154 valence electrons. The van der Waals surface area contributed by atoms with Gasteiger partial charge in [0.1, 0.15) is 0 Å². The number of carbonyl (C=O) groups excluding carboxylic acids is 2. The summed E-state index contributed by atoms with van der Waals surface area (Å²) in [5, 5.41) is 19.7. The van der Waals surface area contributed by atoms with Crippen molar-refractivity contribution in [2.24, 2.45) is 11.8 Å². The predicted molar refractivity (Wildman–Crippen MR) is 101 cm³/mol. The minimum absolute atomic E-state index is 0.184. The summed E-state index contributed by atoms with van der Waals surface area (Å²) in [6.07, 6.45) is 4.00. The molecule has 0 aliphatic heterocycles. The van der Waals surface area contributed by atoms with Gasteiger partial charge in [0.15, 0.2) is 12.2 Å². The molecule has 0 spiro atoms. The standard InChI is InChI=1S/C20H38O6/c1-5-9-11-15(7-3)13-25-19(23)17(21)18(22)20(24)26-14-16(8-4)12-10-6-2/h15-18,21-22H,5-14H2,1-4H3/t15?,16?,17-,18-/m1/s1. The maximum Gasteiger partial charge on any atom is 0.338 e. The van der Waals surface area contributed by atoms with Crippen molar-refractivity contribution in [1.82, 2.24) is 0 Å². The minimum Gasteiger partial charge on any atom is -0.463 e. The van der Waals surface area contributed by atoms with E-state index in [4.69, 9.17) is 9.47 Å². The van der Waals surface area contributed by atoms with E-state index in [1.807, 2.05) is 13.8 Å². The largest absolute Gasteiger partial charge is 0.463 e. The molecule has 0 radical (unpaired) electrons. The van der Waals surface area contributed by atoms with Crippen molar-refractivity contribution >= 4 is 11.9 Å². The molecule has 4 atom stereocenters. The van der Waals surface area contributed by atoms with E-state index in [0.29, 0.717) is 0 Å². The fraction of sp³-hybridized carbons (Fsp3) is 0.900.